The van der Waals surface area contributed by atoms with E-state index in [1.807, 2.05) is 18.2 Å². The van der Waals surface area contributed by atoms with Gasteiger partial charge in [0.25, 0.3) is 0 Å². The van der Waals surface area contributed by atoms with E-state index < -0.39 is 0 Å². The third-order valence-corrected chi connectivity index (χ3v) is 3.93. The number of hydrogen-bond donors (Lipinski definition) is 1. The molecule has 0 aliphatic carbocycles. The van der Waals surface area contributed by atoms with E-state index in [1.54, 1.807) is 18.3 Å². The molecule has 106 valence electrons. The van der Waals surface area contributed by atoms with E-state index in [2.05, 4.69) is 21.3 Å². The average Bonchev–Trinajstić information content (AvgIpc) is 2.89. The minimum atomic E-state index is -0.104. The molecule has 0 spiro atoms. The molecule has 0 fully saturated rings. The second kappa shape index (κ2) is 4.71. The van der Waals surface area contributed by atoms with Gasteiger partial charge in [-0.1, -0.05) is 12.1 Å². The number of amidine groups is 1. The molecule has 3 aliphatic rings. The molecule has 22 heavy (non-hydrogen) atoms. The lowest BCUT2D eigenvalue weighted by atomic mass is 10.1. The molecule has 3 aliphatic heterocycles. The number of carbonyl (C=O) groups excluding carboxylic acids is 1. The normalized spacial score (nSPS) is 19.0. The van der Waals surface area contributed by atoms with Gasteiger partial charge in [0.15, 0.2) is 0 Å². The molecule has 5 nitrogen and oxygen atoms in total. The summed E-state index contributed by atoms with van der Waals surface area (Å²) < 4.78 is 0. The van der Waals surface area contributed by atoms with Gasteiger partial charge in [-0.05, 0) is 18.2 Å². The maximum atomic E-state index is 11.7. The van der Waals surface area contributed by atoms with Gasteiger partial charge in [0.05, 0.1) is 17.3 Å². The van der Waals surface area contributed by atoms with Crippen LogP contribution in [-0.2, 0) is 4.79 Å². The van der Waals surface area contributed by atoms with Crippen molar-refractivity contribution < 1.29 is 4.79 Å². The van der Waals surface area contributed by atoms with Gasteiger partial charge in [-0.3, -0.25) is 4.79 Å². The van der Waals surface area contributed by atoms with Crippen molar-refractivity contribution in [3.63, 3.8) is 0 Å². The number of hydrogen-bond acceptors (Lipinski definition) is 4. The van der Waals surface area contributed by atoms with Crippen LogP contribution in [0.2, 0.25) is 0 Å². The molecule has 0 bridgehead atoms. The largest absolute Gasteiger partial charge is 0.324 e. The average molecular weight is 288 g/mol. The summed E-state index contributed by atoms with van der Waals surface area (Å²) in [6.45, 7) is 0.770. The fraction of sp³-hybridized carbons (Fsp3) is 0.118. The Morgan fingerprint density at radius 3 is 3.09 bits per heavy atom. The Labute approximate surface area is 127 Å². The monoisotopic (exact) mass is 288 g/mol. The summed E-state index contributed by atoms with van der Waals surface area (Å²) in [5.74, 6) is 0.711. The van der Waals surface area contributed by atoms with Crippen LogP contribution in [0.1, 0.15) is 17.5 Å². The molecule has 1 N–H and O–H groups in total. The highest BCUT2D eigenvalue weighted by atomic mass is 16.1. The molecule has 0 atom stereocenters. The SMILES string of the molecule is N#Cc1cccc(C2=NC=C3C=CC(=O)NC4=C3N2CC4)c1. The van der Waals surface area contributed by atoms with Gasteiger partial charge in [-0.15, -0.1) is 0 Å². The van der Waals surface area contributed by atoms with Crippen LogP contribution < -0.4 is 5.32 Å². The molecule has 1 amide bonds. The number of nitrogens with zero attached hydrogens (tertiary/aromatic N) is 3. The van der Waals surface area contributed by atoms with Crippen molar-refractivity contribution in [3.05, 3.63) is 70.7 Å². The number of allylic oxidation sites excluding steroid dienone is 1. The van der Waals surface area contributed by atoms with Crippen LogP contribution in [0.3, 0.4) is 0 Å². The zero-order valence-electron chi connectivity index (χ0n) is 11.7. The summed E-state index contributed by atoms with van der Waals surface area (Å²) >= 11 is 0. The summed E-state index contributed by atoms with van der Waals surface area (Å²) in [6.07, 6.45) is 5.88. The highest BCUT2D eigenvalue weighted by Gasteiger charge is 2.32. The molecule has 0 unspecified atom stereocenters. The van der Waals surface area contributed by atoms with Crippen molar-refractivity contribution in [2.45, 2.75) is 6.42 Å². The fourth-order valence-corrected chi connectivity index (χ4v) is 2.98. The van der Waals surface area contributed by atoms with E-state index >= 15 is 0 Å². The first kappa shape index (κ1) is 12.6. The Morgan fingerprint density at radius 1 is 1.32 bits per heavy atom. The Morgan fingerprint density at radius 2 is 2.23 bits per heavy atom. The molecule has 0 saturated heterocycles. The topological polar surface area (TPSA) is 68.5 Å². The van der Waals surface area contributed by atoms with Crippen molar-refractivity contribution in [3.8, 4) is 6.07 Å². The number of aliphatic imine (C=N–C) groups is 1. The summed E-state index contributed by atoms with van der Waals surface area (Å²) in [5.41, 5.74) is 4.39. The van der Waals surface area contributed by atoms with Gasteiger partial charge in [0.1, 0.15) is 5.84 Å². The van der Waals surface area contributed by atoms with Crippen LogP contribution >= 0.6 is 0 Å². The van der Waals surface area contributed by atoms with E-state index in [-0.39, 0.29) is 5.91 Å². The first-order valence-electron chi connectivity index (χ1n) is 7.05. The van der Waals surface area contributed by atoms with E-state index in [4.69, 9.17) is 5.26 Å². The van der Waals surface area contributed by atoms with E-state index in [1.165, 1.54) is 6.08 Å². The van der Waals surface area contributed by atoms with Gasteiger partial charge in [0, 0.05) is 42.1 Å². The minimum absolute atomic E-state index is 0.104. The number of benzene rings is 1. The zero-order valence-corrected chi connectivity index (χ0v) is 11.7. The lowest BCUT2D eigenvalue weighted by Gasteiger charge is -2.27. The van der Waals surface area contributed by atoms with E-state index in [0.29, 0.717) is 5.56 Å². The first-order chi connectivity index (χ1) is 10.8. The predicted octanol–water partition coefficient (Wildman–Crippen LogP) is 1.81. The second-order valence-electron chi connectivity index (χ2n) is 5.28. The molecule has 4 rings (SSSR count). The number of carbonyl (C=O) groups is 1. The molecular formula is C17H12N4O. The van der Waals surface area contributed by atoms with Crippen LogP contribution in [0, 0.1) is 11.3 Å². The van der Waals surface area contributed by atoms with Gasteiger partial charge in [-0.2, -0.15) is 5.26 Å². The summed E-state index contributed by atoms with van der Waals surface area (Å²) in [7, 11) is 0. The number of nitriles is 1. The van der Waals surface area contributed by atoms with Crippen molar-refractivity contribution in [1.29, 1.82) is 5.26 Å². The van der Waals surface area contributed by atoms with E-state index in [0.717, 1.165) is 41.3 Å². The quantitative estimate of drug-likeness (QED) is 0.857. The van der Waals surface area contributed by atoms with Crippen molar-refractivity contribution in [2.75, 3.05) is 6.54 Å². The van der Waals surface area contributed by atoms with Crippen LogP contribution in [-0.4, -0.2) is 23.2 Å². The third-order valence-electron chi connectivity index (χ3n) is 3.93. The molecule has 0 saturated carbocycles. The molecule has 0 radical (unpaired) electrons. The molecule has 5 heteroatoms. The van der Waals surface area contributed by atoms with E-state index in [9.17, 15) is 4.79 Å². The predicted molar refractivity (Wildman–Crippen MR) is 81.4 cm³/mol. The van der Waals surface area contributed by atoms with Crippen LogP contribution in [0.15, 0.2) is 64.6 Å². The Hall–Kier alpha value is -3.13. The Balaban J connectivity index is 1.83. The molecule has 3 heterocycles. The van der Waals surface area contributed by atoms with Crippen molar-refractivity contribution in [1.82, 2.24) is 10.2 Å². The molecular weight excluding hydrogens is 276 g/mol. The fourth-order valence-electron chi connectivity index (χ4n) is 2.98. The van der Waals surface area contributed by atoms with Crippen LogP contribution in [0.5, 0.6) is 0 Å². The smallest absolute Gasteiger partial charge is 0.248 e. The zero-order chi connectivity index (χ0) is 15.1. The maximum Gasteiger partial charge on any atom is 0.248 e. The van der Waals surface area contributed by atoms with Gasteiger partial charge in [-0.25, -0.2) is 4.99 Å². The number of nitrogens with one attached hydrogen (secondary N) is 1. The highest BCUT2D eigenvalue weighted by molar-refractivity contribution is 6.03. The first-order valence-corrected chi connectivity index (χ1v) is 7.05. The number of amides is 1. The third kappa shape index (κ3) is 1.85. The summed E-state index contributed by atoms with van der Waals surface area (Å²) in [5, 5.41) is 12.0. The lowest BCUT2D eigenvalue weighted by molar-refractivity contribution is -0.115. The highest BCUT2D eigenvalue weighted by Crippen LogP contribution is 2.34. The minimum Gasteiger partial charge on any atom is -0.324 e. The second-order valence-corrected chi connectivity index (χ2v) is 5.28. The van der Waals surface area contributed by atoms with Crippen LogP contribution in [0.4, 0.5) is 0 Å². The number of rotatable bonds is 1. The lowest BCUT2D eigenvalue weighted by Crippen LogP contribution is -2.31. The van der Waals surface area contributed by atoms with Gasteiger partial charge in [0.2, 0.25) is 5.91 Å². The standard InChI is InChI=1S/C17H12N4O/c18-9-11-2-1-3-12(8-11)17-19-10-13-4-5-15(22)20-14-6-7-21(17)16(13)14/h1-5,8,10H,6-7H2,(H,20,22). The maximum absolute atomic E-state index is 11.7. The van der Waals surface area contributed by atoms with Gasteiger partial charge < -0.3 is 10.2 Å². The van der Waals surface area contributed by atoms with Crippen molar-refractivity contribution in [2.24, 2.45) is 4.99 Å². The molecule has 1 aromatic carbocycles. The Bertz CT molecular complexity index is 852. The Kier molecular flexibility index (Phi) is 2.70. The molecule has 0 aromatic heterocycles. The molecule has 1 aromatic rings. The van der Waals surface area contributed by atoms with Gasteiger partial charge >= 0.3 is 0 Å². The summed E-state index contributed by atoms with van der Waals surface area (Å²) in [6, 6.07) is 9.57. The van der Waals surface area contributed by atoms with Crippen LogP contribution in [0.25, 0.3) is 0 Å². The summed E-state index contributed by atoms with van der Waals surface area (Å²) in [4.78, 5) is 18.4. The van der Waals surface area contributed by atoms with Crippen molar-refractivity contribution >= 4 is 11.7 Å².